The first-order valence-electron chi connectivity index (χ1n) is 18.1. The van der Waals surface area contributed by atoms with Crippen LogP contribution in [-0.4, -0.2) is 118 Å². The minimum Gasteiger partial charge on any atom is -0.504 e. The molecule has 5 rings (SSSR count). The molecule has 0 saturated carbocycles. The highest BCUT2D eigenvalue weighted by molar-refractivity contribution is 5.75. The highest BCUT2D eigenvalue weighted by Gasteiger charge is 2.39. The number of hydrogen-bond donors (Lipinski definition) is 6. The number of benzene rings is 4. The van der Waals surface area contributed by atoms with Gasteiger partial charge in [0.05, 0.1) is 68.4 Å². The molecule has 1 aliphatic heterocycles. The lowest BCUT2D eigenvalue weighted by molar-refractivity contribution is -0.109. The Kier molecular flexibility index (Phi) is 14.9. The van der Waals surface area contributed by atoms with E-state index in [2.05, 4.69) is 0 Å². The van der Waals surface area contributed by atoms with Gasteiger partial charge in [0.1, 0.15) is 24.2 Å². The highest BCUT2D eigenvalue weighted by atomic mass is 16.7. The summed E-state index contributed by atoms with van der Waals surface area (Å²) in [5.74, 6) is 0.547. The number of phenolic OH excluding ortho intramolecular Hbond substituents is 1. The second-order valence-corrected chi connectivity index (χ2v) is 12.9. The van der Waals surface area contributed by atoms with Crippen molar-refractivity contribution in [2.45, 2.75) is 36.6 Å². The van der Waals surface area contributed by atoms with Crippen molar-refractivity contribution in [3.63, 3.8) is 0 Å². The molecule has 0 radical (unpaired) electrons. The van der Waals surface area contributed by atoms with Crippen molar-refractivity contribution in [3.05, 3.63) is 82.9 Å². The van der Waals surface area contributed by atoms with Gasteiger partial charge in [0.25, 0.3) is 0 Å². The minimum atomic E-state index is -1.82. The maximum atomic E-state index is 11.3. The smallest absolute Gasteiger partial charge is 0.237 e. The van der Waals surface area contributed by atoms with Crippen molar-refractivity contribution in [1.82, 2.24) is 0 Å². The van der Waals surface area contributed by atoms with Gasteiger partial charge in [-0.15, -0.1) is 0 Å². The van der Waals surface area contributed by atoms with E-state index in [1.807, 2.05) is 0 Å². The van der Waals surface area contributed by atoms with Gasteiger partial charge in [0.2, 0.25) is 17.8 Å². The summed E-state index contributed by atoms with van der Waals surface area (Å²) in [5, 5.41) is 63.4. The zero-order valence-corrected chi connectivity index (χ0v) is 33.2. The van der Waals surface area contributed by atoms with Crippen LogP contribution in [0.3, 0.4) is 0 Å². The Labute approximate surface area is 340 Å². The summed E-state index contributed by atoms with van der Waals surface area (Å²) in [6, 6.07) is 13.6. The van der Waals surface area contributed by atoms with Crippen LogP contribution < -0.4 is 47.4 Å². The van der Waals surface area contributed by atoms with Crippen LogP contribution in [-0.2, 0) is 4.79 Å². The van der Waals surface area contributed by atoms with Crippen LogP contribution in [0.15, 0.2) is 60.7 Å². The number of phenols is 1. The second-order valence-electron chi connectivity index (χ2n) is 12.9. The number of aromatic hydroxyl groups is 1. The molecule has 6 atom stereocenters. The molecule has 0 fully saturated rings. The molecule has 0 unspecified atom stereocenters. The fourth-order valence-electron chi connectivity index (χ4n) is 6.54. The molecule has 0 amide bonds. The Hall–Kier alpha value is -6.11. The van der Waals surface area contributed by atoms with E-state index in [0.29, 0.717) is 34.5 Å². The van der Waals surface area contributed by atoms with Crippen LogP contribution in [0.4, 0.5) is 0 Å². The van der Waals surface area contributed by atoms with Crippen LogP contribution in [0.5, 0.6) is 63.2 Å². The molecule has 59 heavy (non-hydrogen) atoms. The lowest BCUT2D eigenvalue weighted by Gasteiger charge is -2.27. The number of allylic oxidation sites excluding steroid dienone is 1. The fraction of sp³-hybridized carbons (Fsp3) is 0.357. The number of carbonyl (C=O) groups is 1. The first kappa shape index (κ1) is 44.0. The average molecular weight is 825 g/mol. The molecule has 0 spiro atoms. The van der Waals surface area contributed by atoms with Crippen LogP contribution in [0.2, 0.25) is 0 Å². The lowest BCUT2D eigenvalue weighted by atomic mass is 9.90. The largest absolute Gasteiger partial charge is 0.504 e. The second kappa shape index (κ2) is 20.0. The van der Waals surface area contributed by atoms with Gasteiger partial charge in [-0.25, -0.2) is 0 Å². The molecule has 17 nitrogen and oxygen atoms in total. The third-order valence-electron chi connectivity index (χ3n) is 9.52. The standard InChI is InChI=1S/C42H48O17/c1-50-29-14-23(9-10-28(29)47)37(48)35(20-45)57-40-33(54-5)17-25(18-34(40)55-6)56-36(21-46)42(49)59-41-31(52-3)15-24(16-32(41)53-4)38-27(19-44)26-12-22(8-7-11-43)13-30(51-2)39(26)58-38/h7-18,27,35-38,42,44-49H,19-21H2,1-6H3/t27-,35+,36-,37-,38+,42+/m1/s1. The summed E-state index contributed by atoms with van der Waals surface area (Å²) in [7, 11) is 8.27. The van der Waals surface area contributed by atoms with E-state index in [4.69, 9.17) is 47.4 Å². The monoisotopic (exact) mass is 824 g/mol. The van der Waals surface area contributed by atoms with E-state index in [0.717, 1.165) is 0 Å². The van der Waals surface area contributed by atoms with Crippen LogP contribution >= 0.6 is 0 Å². The fourth-order valence-corrected chi connectivity index (χ4v) is 6.54. The van der Waals surface area contributed by atoms with Gasteiger partial charge in [-0.2, -0.15) is 0 Å². The van der Waals surface area contributed by atoms with Crippen molar-refractivity contribution in [2.24, 2.45) is 0 Å². The lowest BCUT2D eigenvalue weighted by Crippen LogP contribution is -2.39. The van der Waals surface area contributed by atoms with Gasteiger partial charge in [-0.1, -0.05) is 12.1 Å². The van der Waals surface area contributed by atoms with Crippen LogP contribution in [0.25, 0.3) is 6.08 Å². The number of rotatable bonds is 21. The van der Waals surface area contributed by atoms with Gasteiger partial charge in [0, 0.05) is 23.3 Å². The molecule has 0 bridgehead atoms. The van der Waals surface area contributed by atoms with Gasteiger partial charge in [-0.05, 0) is 53.6 Å². The van der Waals surface area contributed by atoms with Crippen molar-refractivity contribution >= 4 is 12.4 Å². The van der Waals surface area contributed by atoms with E-state index in [-0.39, 0.29) is 63.9 Å². The molecule has 1 aliphatic rings. The number of carbonyl (C=O) groups excluding carboxylic acids is 1. The number of hydrogen-bond acceptors (Lipinski definition) is 17. The molecule has 318 valence electrons. The van der Waals surface area contributed by atoms with E-state index in [1.165, 1.54) is 79.1 Å². The maximum Gasteiger partial charge on any atom is 0.237 e. The van der Waals surface area contributed by atoms with E-state index >= 15 is 0 Å². The first-order chi connectivity index (χ1) is 28.5. The summed E-state index contributed by atoms with van der Waals surface area (Å²) in [4.78, 5) is 11.0. The summed E-state index contributed by atoms with van der Waals surface area (Å²) >= 11 is 0. The Morgan fingerprint density at radius 3 is 1.80 bits per heavy atom. The Balaban J connectivity index is 1.38. The number of aliphatic hydroxyl groups is 5. The molecule has 4 aromatic carbocycles. The summed E-state index contributed by atoms with van der Waals surface area (Å²) < 4.78 is 57.2. The molecular weight excluding hydrogens is 776 g/mol. The molecule has 4 aromatic rings. The summed E-state index contributed by atoms with van der Waals surface area (Å²) in [5.41, 5.74) is 2.14. The molecule has 17 heteroatoms. The quantitative estimate of drug-likeness (QED) is 0.0401. The predicted molar refractivity (Wildman–Crippen MR) is 210 cm³/mol. The molecule has 1 heterocycles. The summed E-state index contributed by atoms with van der Waals surface area (Å²) in [6.45, 7) is -1.68. The third-order valence-corrected chi connectivity index (χ3v) is 9.52. The first-order valence-corrected chi connectivity index (χ1v) is 18.1. The number of aliphatic hydroxyl groups excluding tert-OH is 5. The molecule has 0 aliphatic carbocycles. The number of fused-ring (bicyclic) bond motifs is 1. The van der Waals surface area contributed by atoms with Crippen molar-refractivity contribution < 1.29 is 82.8 Å². The van der Waals surface area contributed by atoms with Gasteiger partial charge < -0.3 is 78.0 Å². The van der Waals surface area contributed by atoms with Crippen molar-refractivity contribution in [1.29, 1.82) is 0 Å². The van der Waals surface area contributed by atoms with Gasteiger partial charge in [0.15, 0.2) is 58.2 Å². The molecule has 0 saturated heterocycles. The van der Waals surface area contributed by atoms with E-state index in [1.54, 1.807) is 30.3 Å². The zero-order valence-electron chi connectivity index (χ0n) is 33.2. The van der Waals surface area contributed by atoms with E-state index < -0.39 is 49.8 Å². The molecule has 6 N–H and O–H groups in total. The maximum absolute atomic E-state index is 11.3. The average Bonchev–Trinajstić information content (AvgIpc) is 3.64. The molecule has 0 aromatic heterocycles. The predicted octanol–water partition coefficient (Wildman–Crippen LogP) is 3.48. The van der Waals surface area contributed by atoms with Crippen molar-refractivity contribution in [2.75, 3.05) is 62.5 Å². The number of methoxy groups -OCH3 is 6. The third kappa shape index (κ3) is 9.45. The SMILES string of the molecule is COc1cc([C@@H](O)[C@H](CO)Oc2c(OC)cc(O[C@H](CO)[C@@H](O)Oc3c(OC)cc([C@@H]4Oc5c(OC)cc(C=CC=O)cc5[C@H]4CO)cc3OC)cc2OC)ccc1O. The van der Waals surface area contributed by atoms with Gasteiger partial charge in [-0.3, -0.25) is 4.79 Å². The highest BCUT2D eigenvalue weighted by Crippen LogP contribution is 2.53. The molecular formula is C42H48O17. The topological polar surface area (TPSA) is 231 Å². The van der Waals surface area contributed by atoms with Crippen LogP contribution in [0.1, 0.15) is 40.4 Å². The Morgan fingerprint density at radius 2 is 1.25 bits per heavy atom. The van der Waals surface area contributed by atoms with E-state index in [9.17, 15) is 35.4 Å². The van der Waals surface area contributed by atoms with Crippen LogP contribution in [0, 0.1) is 0 Å². The number of ether oxygens (including phenoxy) is 10. The van der Waals surface area contributed by atoms with Gasteiger partial charge >= 0.3 is 0 Å². The minimum absolute atomic E-state index is 0.00972. The van der Waals surface area contributed by atoms with Crippen molar-refractivity contribution in [3.8, 4) is 63.2 Å². The summed E-state index contributed by atoms with van der Waals surface area (Å²) in [6.07, 6.45) is -3.00. The normalized spacial score (nSPS) is 16.5. The Bertz CT molecular complexity index is 2030. The number of aldehydes is 1. The Morgan fingerprint density at radius 1 is 0.678 bits per heavy atom. The zero-order chi connectivity index (χ0) is 42.8.